The number of aryl methyl sites for hydroxylation is 2. The Bertz CT molecular complexity index is 890. The minimum atomic E-state index is -0.224. The third kappa shape index (κ3) is 4.15. The summed E-state index contributed by atoms with van der Waals surface area (Å²) in [5.74, 6) is -0.448. The van der Waals surface area contributed by atoms with Crippen LogP contribution in [0.3, 0.4) is 0 Å². The molecule has 4 nitrogen and oxygen atoms in total. The first-order valence-corrected chi connectivity index (χ1v) is 9.74. The van der Waals surface area contributed by atoms with Crippen molar-refractivity contribution in [3.05, 3.63) is 70.1 Å². The molecular weight excluding hydrogens is 358 g/mol. The molecule has 2 aromatic rings. The maximum absolute atomic E-state index is 13.1. The summed E-state index contributed by atoms with van der Waals surface area (Å²) >= 11 is 1.36. The van der Waals surface area contributed by atoms with Crippen molar-refractivity contribution in [1.29, 1.82) is 0 Å². The maximum Gasteiger partial charge on any atom is 0.268 e. The summed E-state index contributed by atoms with van der Waals surface area (Å²) in [5, 5.41) is 0. The summed E-state index contributed by atoms with van der Waals surface area (Å²) in [6.45, 7) is 4.92. The molecule has 0 bridgehead atoms. The zero-order valence-electron chi connectivity index (χ0n) is 15.8. The second-order valence-corrected chi connectivity index (χ2v) is 7.61. The van der Waals surface area contributed by atoms with Gasteiger partial charge in [-0.25, -0.2) is 0 Å². The van der Waals surface area contributed by atoms with Crippen molar-refractivity contribution < 1.29 is 14.3 Å². The third-order valence-corrected chi connectivity index (χ3v) is 5.71. The van der Waals surface area contributed by atoms with Gasteiger partial charge in [0, 0.05) is 25.2 Å². The lowest BCUT2D eigenvalue weighted by molar-refractivity contribution is -0.136. The Morgan fingerprint density at radius 3 is 2.37 bits per heavy atom. The smallest absolute Gasteiger partial charge is 0.268 e. The van der Waals surface area contributed by atoms with Gasteiger partial charge in [0.05, 0.1) is 10.5 Å². The van der Waals surface area contributed by atoms with E-state index < -0.39 is 0 Å². The average molecular weight is 381 g/mol. The van der Waals surface area contributed by atoms with Crippen LogP contribution in [0.25, 0.3) is 5.57 Å². The van der Waals surface area contributed by atoms with Gasteiger partial charge in [0.2, 0.25) is 0 Å². The van der Waals surface area contributed by atoms with Gasteiger partial charge in [-0.15, -0.1) is 0 Å². The minimum Gasteiger partial charge on any atom is -0.385 e. The van der Waals surface area contributed by atoms with Crippen LogP contribution >= 0.6 is 11.8 Å². The monoisotopic (exact) mass is 381 g/mol. The zero-order chi connectivity index (χ0) is 19.4. The molecule has 0 N–H and O–H groups in total. The van der Waals surface area contributed by atoms with Gasteiger partial charge < -0.3 is 4.74 Å². The first kappa shape index (κ1) is 19.4. The van der Waals surface area contributed by atoms with Crippen molar-refractivity contribution in [1.82, 2.24) is 4.90 Å². The van der Waals surface area contributed by atoms with Crippen LogP contribution in [0.2, 0.25) is 0 Å². The second-order valence-electron chi connectivity index (χ2n) is 6.53. The molecule has 0 radical (unpaired) electrons. The lowest BCUT2D eigenvalue weighted by Crippen LogP contribution is -2.33. The predicted molar refractivity (Wildman–Crippen MR) is 108 cm³/mol. The topological polar surface area (TPSA) is 46.6 Å². The molecule has 2 aromatic carbocycles. The number of carbonyl (C=O) groups excluding carboxylic acids is 2. The molecule has 0 saturated heterocycles. The quantitative estimate of drug-likeness (QED) is 0.532. The zero-order valence-corrected chi connectivity index (χ0v) is 16.6. The number of hydrogen-bond acceptors (Lipinski definition) is 4. The SMILES string of the molecule is COCCCN1C(=O)C(Sc2ccccc2)=C(c2ccc(C)c(C)c2)C1=O. The Balaban J connectivity index is 2.01. The highest BCUT2D eigenvalue weighted by Crippen LogP contribution is 2.40. The Hall–Kier alpha value is -2.37. The molecule has 0 spiro atoms. The van der Waals surface area contributed by atoms with E-state index in [1.165, 1.54) is 16.7 Å². The molecule has 1 aliphatic rings. The summed E-state index contributed by atoms with van der Waals surface area (Å²) in [7, 11) is 1.61. The van der Waals surface area contributed by atoms with Crippen molar-refractivity contribution >= 4 is 29.1 Å². The van der Waals surface area contributed by atoms with Gasteiger partial charge in [-0.1, -0.05) is 48.2 Å². The van der Waals surface area contributed by atoms with E-state index in [-0.39, 0.29) is 11.8 Å². The van der Waals surface area contributed by atoms with Gasteiger partial charge in [0.25, 0.3) is 11.8 Å². The van der Waals surface area contributed by atoms with Crippen LogP contribution in [0.15, 0.2) is 58.3 Å². The van der Waals surface area contributed by atoms with Crippen LogP contribution in [0.1, 0.15) is 23.1 Å². The van der Waals surface area contributed by atoms with Gasteiger partial charge in [-0.3, -0.25) is 14.5 Å². The number of ether oxygens (including phenoxy) is 1. The number of benzene rings is 2. The molecule has 140 valence electrons. The van der Waals surface area contributed by atoms with Crippen LogP contribution in [-0.4, -0.2) is 37.0 Å². The Kier molecular flexibility index (Phi) is 6.14. The molecule has 2 amide bonds. The normalized spacial score (nSPS) is 14.4. The Morgan fingerprint density at radius 1 is 0.963 bits per heavy atom. The van der Waals surface area contributed by atoms with E-state index in [0.717, 1.165) is 21.6 Å². The Labute approximate surface area is 164 Å². The van der Waals surface area contributed by atoms with Crippen LogP contribution in [0, 0.1) is 13.8 Å². The van der Waals surface area contributed by atoms with E-state index in [2.05, 4.69) is 0 Å². The molecule has 5 heteroatoms. The van der Waals surface area contributed by atoms with Crippen LogP contribution in [0.4, 0.5) is 0 Å². The summed E-state index contributed by atoms with van der Waals surface area (Å²) in [4.78, 5) is 28.9. The number of rotatable bonds is 7. The number of nitrogens with zero attached hydrogens (tertiary/aromatic N) is 1. The molecule has 0 atom stereocenters. The molecule has 0 saturated carbocycles. The highest BCUT2D eigenvalue weighted by atomic mass is 32.2. The molecular formula is C22H23NO3S. The van der Waals surface area contributed by atoms with Crippen molar-refractivity contribution in [2.45, 2.75) is 25.2 Å². The fourth-order valence-electron chi connectivity index (χ4n) is 2.98. The molecule has 1 heterocycles. The van der Waals surface area contributed by atoms with E-state index in [1.807, 2.05) is 62.4 Å². The van der Waals surface area contributed by atoms with E-state index in [1.54, 1.807) is 7.11 Å². The number of methoxy groups -OCH3 is 1. The fourth-order valence-corrected chi connectivity index (χ4v) is 4.01. The van der Waals surface area contributed by atoms with Crippen molar-refractivity contribution in [2.24, 2.45) is 0 Å². The van der Waals surface area contributed by atoms with Crippen molar-refractivity contribution in [3.63, 3.8) is 0 Å². The van der Waals surface area contributed by atoms with Gasteiger partial charge in [-0.2, -0.15) is 0 Å². The van der Waals surface area contributed by atoms with Crippen LogP contribution in [0.5, 0.6) is 0 Å². The highest BCUT2D eigenvalue weighted by Gasteiger charge is 2.39. The molecule has 0 unspecified atom stereocenters. The average Bonchev–Trinajstić information content (AvgIpc) is 2.89. The molecule has 0 fully saturated rings. The molecule has 0 aromatic heterocycles. The standard InChI is InChI=1S/C22H23NO3S/c1-15-10-11-17(14-16(15)2)19-20(27-18-8-5-4-6-9-18)22(25)23(21(19)24)12-7-13-26-3/h4-6,8-11,14H,7,12-13H2,1-3H3. The lowest BCUT2D eigenvalue weighted by atomic mass is 10.0. The first-order chi connectivity index (χ1) is 13.0. The molecule has 3 rings (SSSR count). The van der Waals surface area contributed by atoms with E-state index >= 15 is 0 Å². The summed E-state index contributed by atoms with van der Waals surface area (Å²) in [5.41, 5.74) is 3.55. The number of imide groups is 1. The van der Waals surface area contributed by atoms with Gasteiger partial charge in [0.15, 0.2) is 0 Å². The van der Waals surface area contributed by atoms with Gasteiger partial charge in [0.1, 0.15) is 0 Å². The third-order valence-electron chi connectivity index (χ3n) is 4.61. The van der Waals surface area contributed by atoms with Crippen LogP contribution in [-0.2, 0) is 14.3 Å². The fraction of sp³-hybridized carbons (Fsp3) is 0.273. The molecule has 0 aliphatic carbocycles. The van der Waals surface area contributed by atoms with Gasteiger partial charge >= 0.3 is 0 Å². The second kappa shape index (κ2) is 8.55. The number of amides is 2. The summed E-state index contributed by atoms with van der Waals surface area (Å²) in [6, 6.07) is 15.6. The maximum atomic E-state index is 13.1. The molecule has 1 aliphatic heterocycles. The van der Waals surface area contributed by atoms with Crippen molar-refractivity contribution in [3.8, 4) is 0 Å². The first-order valence-electron chi connectivity index (χ1n) is 8.93. The largest absolute Gasteiger partial charge is 0.385 e. The summed E-state index contributed by atoms with van der Waals surface area (Å²) in [6.07, 6.45) is 0.622. The van der Waals surface area contributed by atoms with Gasteiger partial charge in [-0.05, 0) is 49.1 Å². The number of hydrogen-bond donors (Lipinski definition) is 0. The van der Waals surface area contributed by atoms with E-state index in [9.17, 15) is 9.59 Å². The van der Waals surface area contributed by atoms with E-state index in [0.29, 0.717) is 30.1 Å². The number of carbonyl (C=O) groups is 2. The number of thioether (sulfide) groups is 1. The van der Waals surface area contributed by atoms with Crippen LogP contribution < -0.4 is 0 Å². The van der Waals surface area contributed by atoms with Crippen molar-refractivity contribution in [2.75, 3.05) is 20.3 Å². The Morgan fingerprint density at radius 2 is 1.70 bits per heavy atom. The summed E-state index contributed by atoms with van der Waals surface area (Å²) < 4.78 is 5.07. The molecule has 27 heavy (non-hydrogen) atoms. The highest BCUT2D eigenvalue weighted by molar-refractivity contribution is 8.04. The minimum absolute atomic E-state index is 0.224. The predicted octanol–water partition coefficient (Wildman–Crippen LogP) is 4.21. The van der Waals surface area contributed by atoms with E-state index in [4.69, 9.17) is 4.74 Å². The lowest BCUT2D eigenvalue weighted by Gasteiger charge is -2.14.